The van der Waals surface area contributed by atoms with Crippen LogP contribution in [0.1, 0.15) is 25.5 Å². The predicted octanol–water partition coefficient (Wildman–Crippen LogP) is 2.19. The van der Waals surface area contributed by atoms with E-state index >= 15 is 0 Å². The zero-order valence-corrected chi connectivity index (χ0v) is 12.4. The minimum atomic E-state index is 0.0102. The van der Waals surface area contributed by atoms with E-state index < -0.39 is 0 Å². The third-order valence-electron chi connectivity index (χ3n) is 3.21. The van der Waals surface area contributed by atoms with Gasteiger partial charge >= 0.3 is 0 Å². The lowest BCUT2D eigenvalue weighted by molar-refractivity contribution is 0.171. The van der Waals surface area contributed by atoms with Crippen molar-refractivity contribution in [3.8, 4) is 0 Å². The molecule has 2 atom stereocenters. The Kier molecular flexibility index (Phi) is 6.84. The highest BCUT2D eigenvalue weighted by Crippen LogP contribution is 2.26. The lowest BCUT2D eigenvalue weighted by atomic mass is 10.0. The molecule has 0 radical (unpaired) electrons. The van der Waals surface area contributed by atoms with Crippen LogP contribution in [0.2, 0.25) is 0 Å². The van der Waals surface area contributed by atoms with Gasteiger partial charge in [-0.15, -0.1) is 0 Å². The number of hydrogen-bond donors (Lipinski definition) is 1. The Morgan fingerprint density at radius 1 is 1.16 bits per heavy atom. The maximum Gasteiger partial charge on any atom is 0.0663 e. The highest BCUT2D eigenvalue weighted by atomic mass is 16.5. The van der Waals surface area contributed by atoms with E-state index in [1.807, 2.05) is 19.1 Å². The fraction of sp³-hybridized carbons (Fsp3) is 0.600. The molecule has 0 aliphatic carbocycles. The van der Waals surface area contributed by atoms with Gasteiger partial charge in [-0.1, -0.05) is 18.2 Å². The van der Waals surface area contributed by atoms with Crippen LogP contribution in [0, 0.1) is 0 Å². The third kappa shape index (κ3) is 4.49. The van der Waals surface area contributed by atoms with Crippen molar-refractivity contribution in [2.75, 3.05) is 38.9 Å². The molecule has 108 valence electrons. The summed E-state index contributed by atoms with van der Waals surface area (Å²) in [6.07, 6.45) is 0. The maximum absolute atomic E-state index is 6.07. The SMILES string of the molecule is COCCN(c1ccccc1[C@@H](C)N)C(C)COC. The van der Waals surface area contributed by atoms with Gasteiger partial charge in [0.15, 0.2) is 0 Å². The number of hydrogen-bond acceptors (Lipinski definition) is 4. The van der Waals surface area contributed by atoms with Crippen LogP contribution < -0.4 is 10.6 Å². The van der Waals surface area contributed by atoms with Crippen molar-refractivity contribution in [2.45, 2.75) is 25.9 Å². The summed E-state index contributed by atoms with van der Waals surface area (Å²) in [5, 5.41) is 0. The normalized spacial score (nSPS) is 14.2. The number of rotatable bonds is 8. The van der Waals surface area contributed by atoms with Crippen LogP contribution in [0.15, 0.2) is 24.3 Å². The molecule has 1 unspecified atom stereocenters. The average molecular weight is 266 g/mol. The molecular formula is C15H26N2O2. The molecule has 0 aliphatic heterocycles. The highest BCUT2D eigenvalue weighted by Gasteiger charge is 2.18. The summed E-state index contributed by atoms with van der Waals surface area (Å²) >= 11 is 0. The van der Waals surface area contributed by atoms with E-state index in [1.165, 1.54) is 5.69 Å². The van der Waals surface area contributed by atoms with Crippen LogP contribution in [-0.2, 0) is 9.47 Å². The maximum atomic E-state index is 6.07. The molecule has 0 spiro atoms. The smallest absolute Gasteiger partial charge is 0.0663 e. The first-order chi connectivity index (χ1) is 9.11. The summed E-state index contributed by atoms with van der Waals surface area (Å²) in [6, 6.07) is 8.55. The largest absolute Gasteiger partial charge is 0.383 e. The first kappa shape index (κ1) is 16.0. The second kappa shape index (κ2) is 8.15. The Hall–Kier alpha value is -1.10. The van der Waals surface area contributed by atoms with Crippen molar-refractivity contribution >= 4 is 5.69 Å². The van der Waals surface area contributed by atoms with Crippen molar-refractivity contribution in [2.24, 2.45) is 5.73 Å². The van der Waals surface area contributed by atoms with E-state index in [0.717, 1.165) is 12.1 Å². The van der Waals surface area contributed by atoms with Gasteiger partial charge in [-0.2, -0.15) is 0 Å². The summed E-state index contributed by atoms with van der Waals surface area (Å²) in [6.45, 7) is 6.34. The number of benzene rings is 1. The molecule has 0 bridgehead atoms. The van der Waals surface area contributed by atoms with Crippen LogP contribution in [0.25, 0.3) is 0 Å². The van der Waals surface area contributed by atoms with Gasteiger partial charge in [0.2, 0.25) is 0 Å². The van der Waals surface area contributed by atoms with E-state index in [4.69, 9.17) is 15.2 Å². The molecule has 19 heavy (non-hydrogen) atoms. The van der Waals surface area contributed by atoms with Gasteiger partial charge in [-0.05, 0) is 25.5 Å². The van der Waals surface area contributed by atoms with Crippen LogP contribution >= 0.6 is 0 Å². The molecule has 0 fully saturated rings. The van der Waals surface area contributed by atoms with Crippen LogP contribution in [0.3, 0.4) is 0 Å². The lowest BCUT2D eigenvalue weighted by Crippen LogP contribution is -2.39. The Balaban J connectivity index is 3.02. The van der Waals surface area contributed by atoms with Gasteiger partial charge in [0, 0.05) is 38.5 Å². The Morgan fingerprint density at radius 2 is 1.84 bits per heavy atom. The highest BCUT2D eigenvalue weighted by molar-refractivity contribution is 5.55. The minimum absolute atomic E-state index is 0.0102. The van der Waals surface area contributed by atoms with E-state index in [2.05, 4.69) is 24.0 Å². The van der Waals surface area contributed by atoms with Crippen molar-refractivity contribution in [1.29, 1.82) is 0 Å². The molecule has 0 saturated carbocycles. The molecular weight excluding hydrogens is 240 g/mol. The molecule has 4 nitrogen and oxygen atoms in total. The molecule has 0 aromatic heterocycles. The molecule has 1 aromatic carbocycles. The van der Waals surface area contributed by atoms with Gasteiger partial charge in [-0.25, -0.2) is 0 Å². The van der Waals surface area contributed by atoms with Gasteiger partial charge in [0.05, 0.1) is 13.2 Å². The second-order valence-corrected chi connectivity index (χ2v) is 4.84. The van der Waals surface area contributed by atoms with Gasteiger partial charge in [0.25, 0.3) is 0 Å². The summed E-state index contributed by atoms with van der Waals surface area (Å²) in [4.78, 5) is 2.30. The van der Waals surface area contributed by atoms with Crippen molar-refractivity contribution in [3.05, 3.63) is 29.8 Å². The fourth-order valence-electron chi connectivity index (χ4n) is 2.23. The lowest BCUT2D eigenvalue weighted by Gasteiger charge is -2.33. The molecule has 4 heteroatoms. The number of nitrogens with zero attached hydrogens (tertiary/aromatic N) is 1. The Labute approximate surface area is 116 Å². The fourth-order valence-corrected chi connectivity index (χ4v) is 2.23. The average Bonchev–Trinajstić information content (AvgIpc) is 2.40. The number of anilines is 1. The third-order valence-corrected chi connectivity index (χ3v) is 3.21. The molecule has 1 aromatic rings. The first-order valence-corrected chi connectivity index (χ1v) is 6.70. The molecule has 0 saturated heterocycles. The number of para-hydroxylation sites is 1. The van der Waals surface area contributed by atoms with E-state index in [0.29, 0.717) is 13.2 Å². The molecule has 0 heterocycles. The van der Waals surface area contributed by atoms with Gasteiger partial charge in [-0.3, -0.25) is 0 Å². The Bertz CT molecular complexity index is 369. The van der Waals surface area contributed by atoms with Crippen LogP contribution in [-0.4, -0.2) is 40.0 Å². The van der Waals surface area contributed by atoms with Crippen molar-refractivity contribution in [3.63, 3.8) is 0 Å². The zero-order valence-electron chi connectivity index (χ0n) is 12.4. The molecule has 0 aliphatic rings. The summed E-state index contributed by atoms with van der Waals surface area (Å²) in [7, 11) is 3.44. The second-order valence-electron chi connectivity index (χ2n) is 4.84. The van der Waals surface area contributed by atoms with Crippen LogP contribution in [0.5, 0.6) is 0 Å². The topological polar surface area (TPSA) is 47.7 Å². The monoisotopic (exact) mass is 266 g/mol. The number of methoxy groups -OCH3 is 2. The zero-order chi connectivity index (χ0) is 14.3. The minimum Gasteiger partial charge on any atom is -0.383 e. The molecule has 0 amide bonds. The van der Waals surface area contributed by atoms with E-state index in [9.17, 15) is 0 Å². The number of ether oxygens (including phenoxy) is 2. The summed E-state index contributed by atoms with van der Waals surface area (Å²) < 4.78 is 10.5. The molecule has 2 N–H and O–H groups in total. The Morgan fingerprint density at radius 3 is 2.42 bits per heavy atom. The number of nitrogens with two attached hydrogens (primary N) is 1. The van der Waals surface area contributed by atoms with E-state index in [1.54, 1.807) is 14.2 Å². The van der Waals surface area contributed by atoms with E-state index in [-0.39, 0.29) is 12.1 Å². The van der Waals surface area contributed by atoms with Gasteiger partial charge in [0.1, 0.15) is 0 Å². The van der Waals surface area contributed by atoms with Crippen molar-refractivity contribution in [1.82, 2.24) is 0 Å². The molecule has 1 rings (SSSR count). The summed E-state index contributed by atoms with van der Waals surface area (Å²) in [5.74, 6) is 0. The van der Waals surface area contributed by atoms with Crippen molar-refractivity contribution < 1.29 is 9.47 Å². The first-order valence-electron chi connectivity index (χ1n) is 6.70. The van der Waals surface area contributed by atoms with Crippen LogP contribution in [0.4, 0.5) is 5.69 Å². The quantitative estimate of drug-likeness (QED) is 0.783. The summed E-state index contributed by atoms with van der Waals surface area (Å²) in [5.41, 5.74) is 8.39. The van der Waals surface area contributed by atoms with Gasteiger partial charge < -0.3 is 20.1 Å². The standard InChI is InChI=1S/C15H26N2O2/c1-12(11-19-4)17(9-10-18-3)15-8-6-5-7-14(15)13(2)16/h5-8,12-13H,9-11,16H2,1-4H3/t12?,13-/m1/s1. The predicted molar refractivity (Wildman–Crippen MR) is 79.6 cm³/mol.